The van der Waals surface area contributed by atoms with Crippen molar-refractivity contribution in [3.63, 3.8) is 0 Å². The molecule has 0 radical (unpaired) electrons. The van der Waals surface area contributed by atoms with Gasteiger partial charge in [0.15, 0.2) is 0 Å². The van der Waals surface area contributed by atoms with Crippen LogP contribution in [0.5, 0.6) is 0 Å². The van der Waals surface area contributed by atoms with Crippen molar-refractivity contribution in [1.29, 1.82) is 0 Å². The minimum absolute atomic E-state index is 0.0682. The van der Waals surface area contributed by atoms with Gasteiger partial charge in [-0.05, 0) is 71.6 Å². The predicted octanol–water partition coefficient (Wildman–Crippen LogP) is 4.81. The van der Waals surface area contributed by atoms with Gasteiger partial charge >= 0.3 is 0 Å². The summed E-state index contributed by atoms with van der Waals surface area (Å²) in [6, 6.07) is 6.03. The first-order chi connectivity index (χ1) is 9.62. The molecule has 3 rings (SSSR count). The van der Waals surface area contributed by atoms with Gasteiger partial charge in [0, 0.05) is 22.2 Å². The first kappa shape index (κ1) is 14.7. The molecule has 0 amide bonds. The van der Waals surface area contributed by atoms with Crippen LogP contribution in [0, 0.1) is 11.8 Å². The number of nitrogens with two attached hydrogens (primary N) is 1. The highest BCUT2D eigenvalue weighted by Crippen LogP contribution is 2.47. The summed E-state index contributed by atoms with van der Waals surface area (Å²) in [5.41, 5.74) is 7.32. The van der Waals surface area contributed by atoms with E-state index in [9.17, 15) is 0 Å². The molecule has 1 aromatic carbocycles. The van der Waals surface area contributed by atoms with Crippen molar-refractivity contribution in [3.05, 3.63) is 27.7 Å². The molecule has 1 aromatic rings. The SMILES string of the molecule is NCC1(Nc2ccc(Cl)c(Br)c2)CCCC(C2CC2)C1. The maximum Gasteiger partial charge on any atom is 0.0549 e. The van der Waals surface area contributed by atoms with Crippen molar-refractivity contribution < 1.29 is 0 Å². The van der Waals surface area contributed by atoms with Crippen molar-refractivity contribution in [2.75, 3.05) is 11.9 Å². The van der Waals surface area contributed by atoms with Gasteiger partial charge in [0.25, 0.3) is 0 Å². The van der Waals surface area contributed by atoms with Gasteiger partial charge in [0.1, 0.15) is 0 Å². The van der Waals surface area contributed by atoms with Crippen LogP contribution in [0.25, 0.3) is 0 Å². The maximum absolute atomic E-state index is 6.14. The quantitative estimate of drug-likeness (QED) is 0.811. The number of halogens is 2. The zero-order valence-corrected chi connectivity index (χ0v) is 14.0. The molecular formula is C16H22BrClN2. The largest absolute Gasteiger partial charge is 0.378 e. The van der Waals surface area contributed by atoms with Gasteiger partial charge in [-0.25, -0.2) is 0 Å². The van der Waals surface area contributed by atoms with Crippen LogP contribution in [0.4, 0.5) is 5.69 Å². The van der Waals surface area contributed by atoms with Gasteiger partial charge in [-0.1, -0.05) is 24.4 Å². The average molecular weight is 358 g/mol. The highest BCUT2D eigenvalue weighted by molar-refractivity contribution is 9.10. The Hall–Kier alpha value is -0.250. The van der Waals surface area contributed by atoms with Crippen LogP contribution in [0.2, 0.25) is 5.02 Å². The van der Waals surface area contributed by atoms with Gasteiger partial charge in [0.2, 0.25) is 0 Å². The molecule has 2 nitrogen and oxygen atoms in total. The van der Waals surface area contributed by atoms with Crippen LogP contribution < -0.4 is 11.1 Å². The molecule has 0 bridgehead atoms. The number of hydrogen-bond donors (Lipinski definition) is 2. The van der Waals surface area contributed by atoms with E-state index < -0.39 is 0 Å². The number of hydrogen-bond acceptors (Lipinski definition) is 2. The molecule has 0 aromatic heterocycles. The molecular weight excluding hydrogens is 336 g/mol. The molecule has 2 aliphatic rings. The zero-order chi connectivity index (χ0) is 14.2. The molecule has 0 spiro atoms. The number of nitrogens with one attached hydrogen (secondary N) is 1. The molecule has 2 fully saturated rings. The Labute approximate surface area is 134 Å². The predicted molar refractivity (Wildman–Crippen MR) is 89.2 cm³/mol. The normalized spacial score (nSPS) is 30.2. The van der Waals surface area contributed by atoms with Gasteiger partial charge in [-0.15, -0.1) is 0 Å². The minimum atomic E-state index is 0.0682. The van der Waals surface area contributed by atoms with Crippen LogP contribution >= 0.6 is 27.5 Å². The third-order valence-electron chi connectivity index (χ3n) is 4.89. The Balaban J connectivity index is 1.75. The van der Waals surface area contributed by atoms with Gasteiger partial charge in [-0.2, -0.15) is 0 Å². The van der Waals surface area contributed by atoms with E-state index in [1.807, 2.05) is 12.1 Å². The van der Waals surface area contributed by atoms with Crippen LogP contribution in [-0.2, 0) is 0 Å². The number of benzene rings is 1. The second kappa shape index (κ2) is 5.86. The van der Waals surface area contributed by atoms with E-state index in [2.05, 4.69) is 27.3 Å². The van der Waals surface area contributed by atoms with Crippen molar-refractivity contribution >= 4 is 33.2 Å². The lowest BCUT2D eigenvalue weighted by Gasteiger charge is -2.42. The second-order valence-electron chi connectivity index (χ2n) is 6.43. The lowest BCUT2D eigenvalue weighted by molar-refractivity contribution is 0.228. The number of rotatable bonds is 4. The van der Waals surface area contributed by atoms with Gasteiger partial charge in [-0.3, -0.25) is 0 Å². The first-order valence-electron chi connectivity index (χ1n) is 7.55. The van der Waals surface area contributed by atoms with E-state index in [0.717, 1.165) is 27.0 Å². The highest BCUT2D eigenvalue weighted by Gasteiger charge is 2.41. The molecule has 0 heterocycles. The lowest BCUT2D eigenvalue weighted by atomic mass is 9.73. The lowest BCUT2D eigenvalue weighted by Crippen LogP contribution is -2.49. The van der Waals surface area contributed by atoms with Crippen LogP contribution in [0.15, 0.2) is 22.7 Å². The summed E-state index contributed by atoms with van der Waals surface area (Å²) < 4.78 is 0.936. The monoisotopic (exact) mass is 356 g/mol. The third kappa shape index (κ3) is 3.15. The summed E-state index contributed by atoms with van der Waals surface area (Å²) in [6.45, 7) is 0.705. The van der Waals surface area contributed by atoms with Crippen LogP contribution in [0.1, 0.15) is 38.5 Å². The van der Waals surface area contributed by atoms with Crippen LogP contribution in [0.3, 0.4) is 0 Å². The molecule has 2 atom stereocenters. The molecule has 2 aliphatic carbocycles. The van der Waals surface area contributed by atoms with Crippen molar-refractivity contribution in [3.8, 4) is 0 Å². The summed E-state index contributed by atoms with van der Waals surface area (Å²) in [4.78, 5) is 0. The molecule has 0 saturated heterocycles. The fourth-order valence-electron chi connectivity index (χ4n) is 3.61. The Kier molecular flexibility index (Phi) is 4.30. The minimum Gasteiger partial charge on any atom is -0.378 e. The molecule has 20 heavy (non-hydrogen) atoms. The van der Waals surface area contributed by atoms with E-state index >= 15 is 0 Å². The molecule has 3 N–H and O–H groups in total. The van der Waals surface area contributed by atoms with E-state index in [1.54, 1.807) is 0 Å². The third-order valence-corrected chi connectivity index (χ3v) is 6.11. The molecule has 2 saturated carbocycles. The molecule has 2 unspecified atom stereocenters. The van der Waals surface area contributed by atoms with Gasteiger partial charge < -0.3 is 11.1 Å². The van der Waals surface area contributed by atoms with Crippen molar-refractivity contribution in [2.24, 2.45) is 17.6 Å². The van der Waals surface area contributed by atoms with E-state index in [4.69, 9.17) is 17.3 Å². The summed E-state index contributed by atoms with van der Waals surface area (Å²) in [5, 5.41) is 4.46. The van der Waals surface area contributed by atoms with Crippen molar-refractivity contribution in [2.45, 2.75) is 44.1 Å². The standard InChI is InChI=1S/C16H22BrClN2/c17-14-8-13(5-6-15(14)18)20-16(10-19)7-1-2-12(9-16)11-3-4-11/h5-6,8,11-12,20H,1-4,7,9-10,19H2. The number of anilines is 1. The highest BCUT2D eigenvalue weighted by atomic mass is 79.9. The topological polar surface area (TPSA) is 38.0 Å². The summed E-state index contributed by atoms with van der Waals surface area (Å²) in [6.07, 6.45) is 7.93. The molecule has 110 valence electrons. The van der Waals surface area contributed by atoms with Gasteiger partial charge in [0.05, 0.1) is 5.02 Å². The fourth-order valence-corrected chi connectivity index (χ4v) is 4.11. The fraction of sp³-hybridized carbons (Fsp3) is 0.625. The van der Waals surface area contributed by atoms with E-state index in [1.165, 1.54) is 38.5 Å². The maximum atomic E-state index is 6.14. The molecule has 4 heteroatoms. The second-order valence-corrected chi connectivity index (χ2v) is 7.69. The smallest absolute Gasteiger partial charge is 0.0549 e. The summed E-state index contributed by atoms with van der Waals surface area (Å²) >= 11 is 9.56. The first-order valence-corrected chi connectivity index (χ1v) is 8.72. The summed E-state index contributed by atoms with van der Waals surface area (Å²) in [7, 11) is 0. The Morgan fingerprint density at radius 2 is 2.10 bits per heavy atom. The van der Waals surface area contributed by atoms with E-state index in [0.29, 0.717) is 6.54 Å². The Morgan fingerprint density at radius 3 is 2.75 bits per heavy atom. The zero-order valence-electron chi connectivity index (χ0n) is 11.7. The Bertz CT molecular complexity index is 489. The summed E-state index contributed by atoms with van der Waals surface area (Å²) in [5.74, 6) is 1.84. The van der Waals surface area contributed by atoms with Crippen molar-refractivity contribution in [1.82, 2.24) is 0 Å². The Morgan fingerprint density at radius 1 is 1.30 bits per heavy atom. The van der Waals surface area contributed by atoms with Crippen LogP contribution in [-0.4, -0.2) is 12.1 Å². The average Bonchev–Trinajstić information content (AvgIpc) is 3.28. The van der Waals surface area contributed by atoms with E-state index in [-0.39, 0.29) is 5.54 Å². The molecule has 0 aliphatic heterocycles.